The first-order valence-electron chi connectivity index (χ1n) is 4.07. The van der Waals surface area contributed by atoms with E-state index in [-0.39, 0.29) is 5.97 Å². The molecule has 0 N–H and O–H groups in total. The highest BCUT2D eigenvalue weighted by molar-refractivity contribution is 6.49. The van der Waals surface area contributed by atoms with Gasteiger partial charge in [-0.15, -0.1) is 0 Å². The lowest BCUT2D eigenvalue weighted by atomic mass is 10.2. The Morgan fingerprint density at radius 2 is 2.08 bits per heavy atom. The second-order valence-corrected chi connectivity index (χ2v) is 4.19. The first kappa shape index (κ1) is 9.73. The van der Waals surface area contributed by atoms with Crippen LogP contribution in [0.15, 0.2) is 36.9 Å². The van der Waals surface area contributed by atoms with E-state index in [0.29, 0.717) is 0 Å². The van der Waals surface area contributed by atoms with Crippen molar-refractivity contribution >= 4 is 20.9 Å². The van der Waals surface area contributed by atoms with Crippen LogP contribution in [0.25, 0.3) is 0 Å². The molecule has 0 amide bonds. The summed E-state index contributed by atoms with van der Waals surface area (Å²) in [5, 5.41) is 1.13. The van der Waals surface area contributed by atoms with Gasteiger partial charge in [0.15, 0.2) is 0 Å². The van der Waals surface area contributed by atoms with Crippen molar-refractivity contribution in [2.75, 3.05) is 0 Å². The van der Waals surface area contributed by atoms with Crippen LogP contribution in [0.5, 0.6) is 0 Å². The summed E-state index contributed by atoms with van der Waals surface area (Å²) in [6.45, 7) is 5.36. The molecule has 0 aliphatic heterocycles. The zero-order valence-electron chi connectivity index (χ0n) is 7.62. The second-order valence-electron chi connectivity index (χ2n) is 2.80. The Morgan fingerprint density at radius 3 is 2.62 bits per heavy atom. The van der Waals surface area contributed by atoms with Crippen molar-refractivity contribution in [3.8, 4) is 0 Å². The topological polar surface area (TPSA) is 26.3 Å². The fourth-order valence-electron chi connectivity index (χ4n) is 0.898. The number of hydrogen-bond acceptors (Lipinski definition) is 2. The van der Waals surface area contributed by atoms with E-state index >= 15 is 0 Å². The fraction of sp³-hybridized carbons (Fsp3) is 0.100. The Labute approximate surface area is 80.2 Å². The molecule has 0 aliphatic carbocycles. The monoisotopic (exact) mass is 192 g/mol. The van der Waals surface area contributed by atoms with E-state index in [4.69, 9.17) is 4.43 Å². The highest BCUT2D eigenvalue weighted by Gasteiger charge is 1.97. The van der Waals surface area contributed by atoms with E-state index in [1.54, 1.807) is 0 Å². The number of carbonyl (C=O) groups is 1. The molecule has 0 fully saturated rings. The standard InChI is InChI=1S/C10H12O2Si/c1-3-10(11)12-13-9-6-4-8(2)5-7-9/h3-7H,1,13H2,2H3. The second kappa shape index (κ2) is 4.62. The van der Waals surface area contributed by atoms with E-state index in [1.165, 1.54) is 11.6 Å². The molecule has 1 aromatic rings. The minimum atomic E-state index is -0.907. The summed E-state index contributed by atoms with van der Waals surface area (Å²) >= 11 is 0. The van der Waals surface area contributed by atoms with Gasteiger partial charge in [-0.2, -0.15) is 0 Å². The molecule has 3 heteroatoms. The van der Waals surface area contributed by atoms with Gasteiger partial charge in [0.1, 0.15) is 0 Å². The van der Waals surface area contributed by atoms with Gasteiger partial charge in [0.25, 0.3) is 9.76 Å². The Kier molecular flexibility index (Phi) is 3.46. The molecule has 2 nitrogen and oxygen atoms in total. The summed E-state index contributed by atoms with van der Waals surface area (Å²) in [6.07, 6.45) is 1.20. The third-order valence-corrected chi connectivity index (χ3v) is 2.90. The lowest BCUT2D eigenvalue weighted by Gasteiger charge is -2.01. The molecular weight excluding hydrogens is 180 g/mol. The molecule has 0 saturated carbocycles. The van der Waals surface area contributed by atoms with E-state index in [0.717, 1.165) is 5.19 Å². The highest BCUT2D eigenvalue weighted by Crippen LogP contribution is 1.92. The number of benzene rings is 1. The predicted molar refractivity (Wildman–Crippen MR) is 55.6 cm³/mol. The summed E-state index contributed by atoms with van der Waals surface area (Å²) in [6, 6.07) is 8.03. The molecule has 0 aliphatic rings. The Hall–Kier alpha value is -1.35. The number of carbonyl (C=O) groups excluding carboxylic acids is 1. The van der Waals surface area contributed by atoms with Crippen molar-refractivity contribution in [3.05, 3.63) is 42.5 Å². The van der Waals surface area contributed by atoms with Crippen LogP contribution in [0.4, 0.5) is 0 Å². The van der Waals surface area contributed by atoms with Gasteiger partial charge in [0, 0.05) is 6.08 Å². The Balaban J connectivity index is 2.50. The van der Waals surface area contributed by atoms with Crippen LogP contribution in [0.3, 0.4) is 0 Å². The van der Waals surface area contributed by atoms with Gasteiger partial charge in [-0.3, -0.25) is 0 Å². The van der Waals surface area contributed by atoms with Gasteiger partial charge in [-0.05, 0) is 12.1 Å². The Morgan fingerprint density at radius 1 is 1.46 bits per heavy atom. The van der Waals surface area contributed by atoms with Crippen LogP contribution in [-0.2, 0) is 9.22 Å². The quantitative estimate of drug-likeness (QED) is 0.513. The van der Waals surface area contributed by atoms with Gasteiger partial charge in [0.05, 0.1) is 0 Å². The molecule has 1 aromatic carbocycles. The third-order valence-electron chi connectivity index (χ3n) is 1.67. The summed E-state index contributed by atoms with van der Waals surface area (Å²) < 4.78 is 5.00. The van der Waals surface area contributed by atoms with Crippen LogP contribution in [0.2, 0.25) is 0 Å². The van der Waals surface area contributed by atoms with E-state index in [1.807, 2.05) is 31.2 Å². The van der Waals surface area contributed by atoms with Crippen LogP contribution in [-0.4, -0.2) is 15.7 Å². The van der Waals surface area contributed by atoms with E-state index in [9.17, 15) is 4.79 Å². The largest absolute Gasteiger partial charge is 0.517 e. The maximum Gasteiger partial charge on any atom is 0.316 e. The lowest BCUT2D eigenvalue weighted by Crippen LogP contribution is -2.19. The number of hydrogen-bond donors (Lipinski definition) is 0. The normalized spacial score (nSPS) is 10.2. The summed E-state index contributed by atoms with van der Waals surface area (Å²) in [7, 11) is -0.907. The molecule has 0 unspecified atom stereocenters. The first-order valence-corrected chi connectivity index (χ1v) is 5.35. The summed E-state index contributed by atoms with van der Waals surface area (Å²) in [4.78, 5) is 10.7. The molecule has 0 bridgehead atoms. The molecule has 1 rings (SSSR count). The zero-order chi connectivity index (χ0) is 9.68. The van der Waals surface area contributed by atoms with E-state index in [2.05, 4.69) is 6.58 Å². The van der Waals surface area contributed by atoms with Crippen molar-refractivity contribution < 1.29 is 9.22 Å². The smallest absolute Gasteiger partial charge is 0.316 e. The van der Waals surface area contributed by atoms with Gasteiger partial charge in [0.2, 0.25) is 0 Å². The fourth-order valence-corrected chi connectivity index (χ4v) is 1.75. The van der Waals surface area contributed by atoms with Gasteiger partial charge in [-0.1, -0.05) is 36.4 Å². The average molecular weight is 192 g/mol. The van der Waals surface area contributed by atoms with Crippen LogP contribution in [0, 0.1) is 6.92 Å². The first-order chi connectivity index (χ1) is 6.22. The predicted octanol–water partition coefficient (Wildman–Crippen LogP) is 0.433. The maximum absolute atomic E-state index is 10.7. The lowest BCUT2D eigenvalue weighted by molar-refractivity contribution is -0.128. The zero-order valence-corrected chi connectivity index (χ0v) is 9.03. The van der Waals surface area contributed by atoms with Crippen molar-refractivity contribution in [2.24, 2.45) is 0 Å². The van der Waals surface area contributed by atoms with Crippen LogP contribution >= 0.6 is 0 Å². The maximum atomic E-state index is 10.7. The number of aryl methyl sites for hydroxylation is 1. The van der Waals surface area contributed by atoms with Crippen molar-refractivity contribution in [2.45, 2.75) is 6.92 Å². The van der Waals surface area contributed by atoms with Gasteiger partial charge in [-0.25, -0.2) is 4.79 Å². The summed E-state index contributed by atoms with van der Waals surface area (Å²) in [5.74, 6) is -0.327. The molecule has 0 spiro atoms. The minimum absolute atomic E-state index is 0.327. The number of rotatable bonds is 3. The van der Waals surface area contributed by atoms with Crippen LogP contribution in [0.1, 0.15) is 5.56 Å². The van der Waals surface area contributed by atoms with Crippen molar-refractivity contribution in [1.82, 2.24) is 0 Å². The molecule has 0 radical (unpaired) electrons. The van der Waals surface area contributed by atoms with Crippen LogP contribution < -0.4 is 5.19 Å². The SMILES string of the molecule is C=CC(=O)O[SiH2]c1ccc(C)cc1. The van der Waals surface area contributed by atoms with Gasteiger partial charge < -0.3 is 4.43 Å². The molecule has 13 heavy (non-hydrogen) atoms. The van der Waals surface area contributed by atoms with E-state index < -0.39 is 9.76 Å². The van der Waals surface area contributed by atoms with Crippen molar-refractivity contribution in [3.63, 3.8) is 0 Å². The molecular formula is C10H12O2Si. The molecule has 0 saturated heterocycles. The molecule has 68 valence electrons. The molecule has 0 aromatic heterocycles. The summed E-state index contributed by atoms with van der Waals surface area (Å²) in [5.41, 5.74) is 1.22. The minimum Gasteiger partial charge on any atom is -0.517 e. The molecule has 0 heterocycles. The van der Waals surface area contributed by atoms with Crippen molar-refractivity contribution in [1.29, 1.82) is 0 Å². The highest BCUT2D eigenvalue weighted by atomic mass is 28.2. The average Bonchev–Trinajstić information content (AvgIpc) is 2.16. The molecule has 0 atom stereocenters. The van der Waals surface area contributed by atoms with Gasteiger partial charge >= 0.3 is 5.97 Å². The Bertz CT molecular complexity index is 303. The third kappa shape index (κ3) is 3.25.